The molecule has 0 saturated carbocycles. The van der Waals surface area contributed by atoms with E-state index in [-0.39, 0.29) is 22.6 Å². The Hall–Kier alpha value is -2.34. The minimum Gasteiger partial charge on any atom is -0.507 e. The van der Waals surface area contributed by atoms with Crippen LogP contribution in [0.15, 0.2) is 18.2 Å². The first-order chi connectivity index (χ1) is 9.38. The average Bonchev–Trinajstić information content (AvgIpc) is 2.38. The number of aliphatic hydroxyl groups is 1. The van der Waals surface area contributed by atoms with Gasteiger partial charge in [0.05, 0.1) is 13.7 Å². The van der Waals surface area contributed by atoms with Gasteiger partial charge in [0.15, 0.2) is 0 Å². The number of aliphatic hydroxyl groups excluding tert-OH is 1. The second-order valence-electron chi connectivity index (χ2n) is 4.08. The lowest BCUT2D eigenvalue weighted by molar-refractivity contribution is -0.135. The maximum atomic E-state index is 11.2. The summed E-state index contributed by atoms with van der Waals surface area (Å²) in [5.41, 5.74) is 0.902. The van der Waals surface area contributed by atoms with E-state index in [9.17, 15) is 19.8 Å². The summed E-state index contributed by atoms with van der Waals surface area (Å²) in [5, 5.41) is 19.2. The number of carbonyl (C=O) groups is 2. The van der Waals surface area contributed by atoms with Gasteiger partial charge in [0.1, 0.15) is 11.5 Å². The molecule has 6 heteroatoms. The quantitative estimate of drug-likeness (QED) is 0.488. The first-order valence-electron chi connectivity index (χ1n) is 5.80. The van der Waals surface area contributed by atoms with Crippen molar-refractivity contribution in [2.45, 2.75) is 13.8 Å². The predicted molar refractivity (Wildman–Crippen MR) is 71.2 cm³/mol. The van der Waals surface area contributed by atoms with E-state index in [0.717, 1.165) is 6.08 Å². The molecule has 0 saturated heterocycles. The molecule has 0 aromatic heterocycles. The van der Waals surface area contributed by atoms with Crippen LogP contribution in [0.5, 0.6) is 11.5 Å². The number of aryl methyl sites for hydroxylation is 1. The van der Waals surface area contributed by atoms with Gasteiger partial charge in [-0.1, -0.05) is 0 Å². The fourth-order valence-corrected chi connectivity index (χ4v) is 1.60. The van der Waals surface area contributed by atoms with Gasteiger partial charge in [-0.05, 0) is 30.2 Å². The molecule has 2 N–H and O–H groups in total. The predicted octanol–water partition coefficient (Wildman–Crippen LogP) is 1.17. The van der Waals surface area contributed by atoms with Crippen LogP contribution in [0.3, 0.4) is 0 Å². The zero-order valence-electron chi connectivity index (χ0n) is 11.5. The third-order valence-corrected chi connectivity index (χ3v) is 2.56. The molecule has 0 aliphatic carbocycles. The highest BCUT2D eigenvalue weighted by molar-refractivity contribution is 5.92. The van der Waals surface area contributed by atoms with E-state index >= 15 is 0 Å². The summed E-state index contributed by atoms with van der Waals surface area (Å²) < 4.78 is 9.46. The first kappa shape index (κ1) is 15.7. The molecule has 1 aromatic carbocycles. The van der Waals surface area contributed by atoms with E-state index < -0.39 is 18.5 Å². The van der Waals surface area contributed by atoms with Crippen LogP contribution >= 0.6 is 0 Å². The van der Waals surface area contributed by atoms with Gasteiger partial charge in [-0.2, -0.15) is 0 Å². The molecule has 0 aliphatic heterocycles. The maximum absolute atomic E-state index is 11.2. The van der Waals surface area contributed by atoms with Crippen molar-refractivity contribution in [3.05, 3.63) is 29.3 Å². The topological polar surface area (TPSA) is 93.1 Å². The van der Waals surface area contributed by atoms with Gasteiger partial charge in [0, 0.05) is 18.6 Å². The molecule has 0 unspecified atom stereocenters. The van der Waals surface area contributed by atoms with Crippen LogP contribution in [-0.4, -0.2) is 35.9 Å². The number of phenolic OH excluding ortho intramolecular Hbond substituents is 1. The van der Waals surface area contributed by atoms with Crippen LogP contribution in [-0.2, 0) is 14.3 Å². The number of hydrogen-bond acceptors (Lipinski definition) is 6. The molecule has 108 valence electrons. The van der Waals surface area contributed by atoms with Crippen molar-refractivity contribution in [1.82, 2.24) is 0 Å². The van der Waals surface area contributed by atoms with Gasteiger partial charge < -0.3 is 19.7 Å². The summed E-state index contributed by atoms with van der Waals surface area (Å²) in [6.45, 7) is 2.43. The van der Waals surface area contributed by atoms with Gasteiger partial charge in [-0.3, -0.25) is 4.79 Å². The first-order valence-corrected chi connectivity index (χ1v) is 5.80. The van der Waals surface area contributed by atoms with E-state index in [1.54, 1.807) is 6.92 Å². The Balaban J connectivity index is 3.32. The summed E-state index contributed by atoms with van der Waals surface area (Å²) in [6, 6.07) is 2.77. The van der Waals surface area contributed by atoms with Crippen LogP contribution in [0.4, 0.5) is 0 Å². The number of carbonyl (C=O) groups excluding carboxylic acids is 2. The van der Waals surface area contributed by atoms with Crippen molar-refractivity contribution in [2.24, 2.45) is 0 Å². The molecule has 0 bridgehead atoms. The zero-order chi connectivity index (χ0) is 15.3. The highest BCUT2D eigenvalue weighted by Gasteiger charge is 2.14. The van der Waals surface area contributed by atoms with Crippen molar-refractivity contribution in [2.75, 3.05) is 13.7 Å². The highest BCUT2D eigenvalue weighted by atomic mass is 16.5. The number of aromatic hydroxyl groups is 1. The van der Waals surface area contributed by atoms with Crippen molar-refractivity contribution in [1.29, 1.82) is 0 Å². The SMILES string of the molecule is COC(=O)C=C(CO)c1cc(OC(C)=O)c(C)cc1O. The van der Waals surface area contributed by atoms with Crippen molar-refractivity contribution in [3.63, 3.8) is 0 Å². The highest BCUT2D eigenvalue weighted by Crippen LogP contribution is 2.32. The lowest BCUT2D eigenvalue weighted by atomic mass is 10.0. The monoisotopic (exact) mass is 280 g/mol. The van der Waals surface area contributed by atoms with Gasteiger partial charge in [-0.25, -0.2) is 4.79 Å². The molecule has 0 amide bonds. The van der Waals surface area contributed by atoms with Crippen LogP contribution in [0.1, 0.15) is 18.1 Å². The summed E-state index contributed by atoms with van der Waals surface area (Å²) in [5.74, 6) is -1.06. The molecule has 0 spiro atoms. The normalized spacial score (nSPS) is 11.1. The Labute approximate surface area is 116 Å². The van der Waals surface area contributed by atoms with Crippen LogP contribution in [0.2, 0.25) is 0 Å². The third-order valence-electron chi connectivity index (χ3n) is 2.56. The molecular weight excluding hydrogens is 264 g/mol. The standard InChI is InChI=1S/C14H16O6/c1-8-4-12(17)11(6-13(8)20-9(2)16)10(7-15)5-14(18)19-3/h4-6,15,17H,7H2,1-3H3. The Morgan fingerprint density at radius 3 is 2.50 bits per heavy atom. The lowest BCUT2D eigenvalue weighted by Gasteiger charge is -2.12. The average molecular weight is 280 g/mol. The van der Waals surface area contributed by atoms with E-state index in [1.807, 2.05) is 0 Å². The smallest absolute Gasteiger partial charge is 0.330 e. The van der Waals surface area contributed by atoms with E-state index in [1.165, 1.54) is 26.2 Å². The summed E-state index contributed by atoms with van der Waals surface area (Å²) in [6.07, 6.45) is 1.06. The molecule has 20 heavy (non-hydrogen) atoms. The minimum atomic E-state index is -0.664. The second kappa shape index (κ2) is 6.72. The van der Waals surface area contributed by atoms with Gasteiger partial charge in [0.2, 0.25) is 0 Å². The molecule has 0 heterocycles. The minimum absolute atomic E-state index is 0.136. The molecule has 6 nitrogen and oxygen atoms in total. The Morgan fingerprint density at radius 2 is 2.00 bits per heavy atom. The zero-order valence-corrected chi connectivity index (χ0v) is 11.5. The second-order valence-corrected chi connectivity index (χ2v) is 4.08. The Kier molecular flexibility index (Phi) is 5.28. The summed E-state index contributed by atoms with van der Waals surface area (Å²) >= 11 is 0. The molecular formula is C14H16O6. The number of ether oxygens (including phenoxy) is 2. The molecule has 1 aromatic rings. The van der Waals surface area contributed by atoms with Crippen LogP contribution in [0.25, 0.3) is 5.57 Å². The van der Waals surface area contributed by atoms with E-state index in [2.05, 4.69) is 4.74 Å². The van der Waals surface area contributed by atoms with Gasteiger partial charge >= 0.3 is 11.9 Å². The van der Waals surface area contributed by atoms with Crippen LogP contribution in [0, 0.1) is 6.92 Å². The van der Waals surface area contributed by atoms with Crippen molar-refractivity contribution >= 4 is 17.5 Å². The maximum Gasteiger partial charge on any atom is 0.330 e. The number of phenols is 1. The van der Waals surface area contributed by atoms with Gasteiger partial charge in [0.25, 0.3) is 0 Å². The third kappa shape index (κ3) is 3.83. The van der Waals surface area contributed by atoms with E-state index in [4.69, 9.17) is 4.74 Å². The van der Waals surface area contributed by atoms with Gasteiger partial charge in [-0.15, -0.1) is 0 Å². The number of benzene rings is 1. The fourth-order valence-electron chi connectivity index (χ4n) is 1.60. The molecule has 0 atom stereocenters. The number of hydrogen-bond donors (Lipinski definition) is 2. The summed E-state index contributed by atoms with van der Waals surface area (Å²) in [4.78, 5) is 22.2. The Bertz CT molecular complexity index is 559. The summed E-state index contributed by atoms with van der Waals surface area (Å²) in [7, 11) is 1.20. The van der Waals surface area contributed by atoms with E-state index in [0.29, 0.717) is 5.56 Å². The molecule has 0 aliphatic rings. The largest absolute Gasteiger partial charge is 0.507 e. The van der Waals surface area contributed by atoms with Crippen LogP contribution < -0.4 is 4.74 Å². The van der Waals surface area contributed by atoms with Crippen molar-refractivity contribution < 1.29 is 29.3 Å². The molecule has 1 rings (SSSR count). The fraction of sp³-hybridized carbons (Fsp3) is 0.286. The number of rotatable bonds is 4. The Morgan fingerprint density at radius 1 is 1.35 bits per heavy atom. The number of esters is 2. The molecule has 0 radical (unpaired) electrons. The van der Waals surface area contributed by atoms with Crippen molar-refractivity contribution in [3.8, 4) is 11.5 Å². The lowest BCUT2D eigenvalue weighted by Crippen LogP contribution is -2.05. The number of methoxy groups -OCH3 is 1. The molecule has 0 fully saturated rings.